The Balaban J connectivity index is 1.44. The largest absolute Gasteiger partial charge is 0.378 e. The van der Waals surface area contributed by atoms with Crippen molar-refractivity contribution in [1.29, 1.82) is 0 Å². The molecule has 0 bridgehead atoms. The van der Waals surface area contributed by atoms with E-state index in [2.05, 4.69) is 15.5 Å². The van der Waals surface area contributed by atoms with Crippen LogP contribution in [-0.2, 0) is 16.1 Å². The maximum absolute atomic E-state index is 14.6. The third-order valence-electron chi connectivity index (χ3n) is 5.21. The van der Waals surface area contributed by atoms with Gasteiger partial charge in [-0.15, -0.1) is 0 Å². The van der Waals surface area contributed by atoms with Crippen LogP contribution >= 0.6 is 0 Å². The molecule has 4 rings (SSSR count). The summed E-state index contributed by atoms with van der Waals surface area (Å²) in [5.41, 5.74) is 6.01. The van der Waals surface area contributed by atoms with Crippen molar-refractivity contribution in [2.75, 3.05) is 31.2 Å². The number of benzene rings is 2. The molecule has 2 aromatic carbocycles. The second-order valence-corrected chi connectivity index (χ2v) is 7.23. The standard InChI is InChI=1S/C22H24FN5O2/c1-15(17-7-8-20(18(23)13-17)27-9-11-30-12-10-27)25-26-22(29)14-28-16(2)24-19-5-3-4-6-21(19)28/h3-8,13H,9-12,14H2,1-2H3,(H,26,29)/b25-15-. The summed E-state index contributed by atoms with van der Waals surface area (Å²) in [5.74, 6) is 0.176. The zero-order valence-electron chi connectivity index (χ0n) is 17.1. The van der Waals surface area contributed by atoms with Crippen LogP contribution in [0.5, 0.6) is 0 Å². The molecule has 30 heavy (non-hydrogen) atoms. The lowest BCUT2D eigenvalue weighted by atomic mass is 10.1. The number of carbonyl (C=O) groups is 1. The van der Waals surface area contributed by atoms with E-state index in [1.165, 1.54) is 6.07 Å². The smallest absolute Gasteiger partial charge is 0.260 e. The molecule has 8 heteroatoms. The summed E-state index contributed by atoms with van der Waals surface area (Å²) in [6.07, 6.45) is 0. The molecule has 1 fully saturated rings. The monoisotopic (exact) mass is 409 g/mol. The Morgan fingerprint density at radius 3 is 2.77 bits per heavy atom. The minimum absolute atomic E-state index is 0.105. The van der Waals surface area contributed by atoms with E-state index in [1.807, 2.05) is 46.7 Å². The number of nitrogens with one attached hydrogen (secondary N) is 1. The van der Waals surface area contributed by atoms with Gasteiger partial charge in [0, 0.05) is 18.7 Å². The van der Waals surface area contributed by atoms with Gasteiger partial charge in [-0.2, -0.15) is 5.10 Å². The number of halogens is 1. The van der Waals surface area contributed by atoms with Crippen LogP contribution in [0.25, 0.3) is 11.0 Å². The second-order valence-electron chi connectivity index (χ2n) is 7.23. The molecular formula is C22H24FN5O2. The van der Waals surface area contributed by atoms with Crippen molar-refractivity contribution >= 4 is 28.3 Å². The molecule has 1 aromatic heterocycles. The summed E-state index contributed by atoms with van der Waals surface area (Å²) >= 11 is 0. The van der Waals surface area contributed by atoms with E-state index in [1.54, 1.807) is 13.0 Å². The van der Waals surface area contributed by atoms with Crippen molar-refractivity contribution in [1.82, 2.24) is 15.0 Å². The number of anilines is 1. The Morgan fingerprint density at radius 1 is 1.23 bits per heavy atom. The molecule has 0 spiro atoms. The van der Waals surface area contributed by atoms with E-state index in [4.69, 9.17) is 4.74 Å². The molecule has 1 aliphatic heterocycles. The van der Waals surface area contributed by atoms with Gasteiger partial charge >= 0.3 is 0 Å². The summed E-state index contributed by atoms with van der Waals surface area (Å²) in [7, 11) is 0. The lowest BCUT2D eigenvalue weighted by Crippen LogP contribution is -2.36. The van der Waals surface area contributed by atoms with Crippen LogP contribution in [0.15, 0.2) is 47.6 Å². The zero-order chi connectivity index (χ0) is 21.1. The summed E-state index contributed by atoms with van der Waals surface area (Å²) < 4.78 is 21.8. The molecule has 1 aliphatic rings. The zero-order valence-corrected chi connectivity index (χ0v) is 17.1. The molecule has 3 aromatic rings. The molecule has 0 radical (unpaired) electrons. The number of morpholine rings is 1. The van der Waals surface area contributed by atoms with Gasteiger partial charge in [-0.1, -0.05) is 18.2 Å². The van der Waals surface area contributed by atoms with Crippen molar-refractivity contribution in [2.24, 2.45) is 5.10 Å². The highest BCUT2D eigenvalue weighted by Gasteiger charge is 2.16. The number of fused-ring (bicyclic) bond motifs is 1. The molecule has 0 aliphatic carbocycles. The molecule has 0 saturated carbocycles. The van der Waals surface area contributed by atoms with Crippen LogP contribution in [-0.4, -0.2) is 47.5 Å². The Hall–Kier alpha value is -3.26. The van der Waals surface area contributed by atoms with Gasteiger partial charge in [-0.25, -0.2) is 14.8 Å². The third-order valence-corrected chi connectivity index (χ3v) is 5.21. The van der Waals surface area contributed by atoms with E-state index >= 15 is 0 Å². The van der Waals surface area contributed by atoms with E-state index in [0.29, 0.717) is 43.3 Å². The molecular weight excluding hydrogens is 385 g/mol. The minimum Gasteiger partial charge on any atom is -0.378 e. The van der Waals surface area contributed by atoms with E-state index in [0.717, 1.165) is 16.9 Å². The molecule has 0 unspecified atom stereocenters. The van der Waals surface area contributed by atoms with Crippen molar-refractivity contribution < 1.29 is 13.9 Å². The number of aromatic nitrogens is 2. The van der Waals surface area contributed by atoms with Crippen LogP contribution in [0.2, 0.25) is 0 Å². The molecule has 156 valence electrons. The van der Waals surface area contributed by atoms with E-state index in [9.17, 15) is 9.18 Å². The van der Waals surface area contributed by atoms with Crippen LogP contribution in [0.4, 0.5) is 10.1 Å². The maximum atomic E-state index is 14.6. The van der Waals surface area contributed by atoms with Crippen LogP contribution in [0, 0.1) is 12.7 Å². The van der Waals surface area contributed by atoms with Gasteiger partial charge in [-0.05, 0) is 38.1 Å². The number of ether oxygens (including phenoxy) is 1. The normalized spacial score (nSPS) is 14.9. The highest BCUT2D eigenvalue weighted by molar-refractivity contribution is 5.99. The number of amides is 1. The fourth-order valence-corrected chi connectivity index (χ4v) is 3.58. The highest BCUT2D eigenvalue weighted by atomic mass is 19.1. The Kier molecular flexibility index (Phi) is 5.76. The summed E-state index contributed by atoms with van der Waals surface area (Å²) in [6.45, 7) is 6.23. The fourth-order valence-electron chi connectivity index (χ4n) is 3.58. The Morgan fingerprint density at radius 2 is 2.00 bits per heavy atom. The number of imidazole rings is 1. The van der Waals surface area contributed by atoms with Crippen LogP contribution in [0.1, 0.15) is 18.3 Å². The minimum atomic E-state index is -0.309. The number of nitrogens with zero attached hydrogens (tertiary/aromatic N) is 4. The third kappa shape index (κ3) is 4.18. The molecule has 0 atom stereocenters. The molecule has 1 N–H and O–H groups in total. The van der Waals surface area contributed by atoms with Crippen molar-refractivity contribution in [3.63, 3.8) is 0 Å². The lowest BCUT2D eigenvalue weighted by Gasteiger charge is -2.29. The van der Waals surface area contributed by atoms with Gasteiger partial charge in [0.25, 0.3) is 5.91 Å². The molecule has 7 nitrogen and oxygen atoms in total. The summed E-state index contributed by atoms with van der Waals surface area (Å²) in [4.78, 5) is 18.8. The predicted molar refractivity (Wildman–Crippen MR) is 114 cm³/mol. The SMILES string of the molecule is C/C(=N/NC(=O)Cn1c(C)nc2ccccc21)c1ccc(N2CCOCC2)c(F)c1. The number of hydrogen-bond donors (Lipinski definition) is 1. The fraction of sp³-hybridized carbons (Fsp3) is 0.318. The number of hydrazone groups is 1. The summed E-state index contributed by atoms with van der Waals surface area (Å²) in [6, 6.07) is 12.7. The molecule has 2 heterocycles. The van der Waals surface area contributed by atoms with Crippen molar-refractivity contribution in [3.8, 4) is 0 Å². The highest BCUT2D eigenvalue weighted by Crippen LogP contribution is 2.22. The number of hydrogen-bond acceptors (Lipinski definition) is 5. The average molecular weight is 409 g/mol. The topological polar surface area (TPSA) is 71.8 Å². The van der Waals surface area contributed by atoms with Crippen molar-refractivity contribution in [2.45, 2.75) is 20.4 Å². The van der Waals surface area contributed by atoms with Crippen LogP contribution in [0.3, 0.4) is 0 Å². The van der Waals surface area contributed by atoms with Gasteiger partial charge in [0.15, 0.2) is 0 Å². The quantitative estimate of drug-likeness (QED) is 0.520. The van der Waals surface area contributed by atoms with E-state index in [-0.39, 0.29) is 18.3 Å². The maximum Gasteiger partial charge on any atom is 0.260 e. The van der Waals surface area contributed by atoms with Gasteiger partial charge in [0.2, 0.25) is 0 Å². The van der Waals surface area contributed by atoms with Gasteiger partial charge in [0.05, 0.1) is 35.6 Å². The van der Waals surface area contributed by atoms with Gasteiger partial charge in [-0.3, -0.25) is 4.79 Å². The first-order valence-electron chi connectivity index (χ1n) is 9.90. The first-order chi connectivity index (χ1) is 14.5. The number of carbonyl (C=O) groups excluding carboxylic acids is 1. The number of para-hydroxylation sites is 2. The van der Waals surface area contributed by atoms with Crippen LogP contribution < -0.4 is 10.3 Å². The van der Waals surface area contributed by atoms with Gasteiger partial charge < -0.3 is 14.2 Å². The van der Waals surface area contributed by atoms with Gasteiger partial charge in [0.1, 0.15) is 18.2 Å². The molecule has 1 saturated heterocycles. The Bertz CT molecular complexity index is 1100. The second kappa shape index (κ2) is 8.62. The predicted octanol–water partition coefficient (Wildman–Crippen LogP) is 2.86. The van der Waals surface area contributed by atoms with Crippen molar-refractivity contribution in [3.05, 3.63) is 59.7 Å². The average Bonchev–Trinajstić information content (AvgIpc) is 3.07. The summed E-state index contributed by atoms with van der Waals surface area (Å²) in [5, 5.41) is 4.15. The number of aryl methyl sites for hydroxylation is 1. The first kappa shape index (κ1) is 20.0. The number of rotatable bonds is 5. The lowest BCUT2D eigenvalue weighted by molar-refractivity contribution is -0.121. The molecule has 1 amide bonds. The van der Waals surface area contributed by atoms with E-state index < -0.39 is 0 Å². The first-order valence-corrected chi connectivity index (χ1v) is 9.90. The Labute approximate surface area is 174 Å².